The van der Waals surface area contributed by atoms with E-state index >= 15 is 0 Å². The number of benzene rings is 1. The third-order valence-electron chi connectivity index (χ3n) is 2.38. The van der Waals surface area contributed by atoms with Crippen LogP contribution in [-0.2, 0) is 4.79 Å². The summed E-state index contributed by atoms with van der Waals surface area (Å²) in [6, 6.07) is 6.96. The molecule has 1 N–H and O–H groups in total. The van der Waals surface area contributed by atoms with Crippen LogP contribution in [0.4, 0.5) is 0 Å². The maximum atomic E-state index is 11.8. The van der Waals surface area contributed by atoms with Crippen molar-refractivity contribution in [3.05, 3.63) is 45.7 Å². The van der Waals surface area contributed by atoms with Crippen LogP contribution in [0.2, 0.25) is 0 Å². The summed E-state index contributed by atoms with van der Waals surface area (Å²) in [5.74, 6) is 5.56. The van der Waals surface area contributed by atoms with Gasteiger partial charge in [-0.3, -0.25) is 4.79 Å². The van der Waals surface area contributed by atoms with Gasteiger partial charge in [0.15, 0.2) is 5.43 Å². The monoisotopic (exact) mass is 225 g/mol. The van der Waals surface area contributed by atoms with E-state index in [0.717, 1.165) is 23.1 Å². The molecule has 0 aliphatic rings. The van der Waals surface area contributed by atoms with E-state index in [1.54, 1.807) is 12.1 Å². The highest BCUT2D eigenvalue weighted by Gasteiger charge is 2.00. The van der Waals surface area contributed by atoms with Crippen LogP contribution in [0.25, 0.3) is 10.9 Å². The molecule has 0 fully saturated rings. The molecule has 3 nitrogen and oxygen atoms in total. The molecule has 1 heterocycles. The predicted octanol–water partition coefficient (Wildman–Crippen LogP) is 1.78. The number of pyridine rings is 1. The lowest BCUT2D eigenvalue weighted by atomic mass is 10.1. The Morgan fingerprint density at radius 1 is 1.35 bits per heavy atom. The van der Waals surface area contributed by atoms with Crippen LogP contribution >= 0.6 is 0 Å². The Hall–Kier alpha value is -2.34. The third-order valence-corrected chi connectivity index (χ3v) is 2.38. The average molecular weight is 225 g/mol. The van der Waals surface area contributed by atoms with Crippen molar-refractivity contribution in [1.82, 2.24) is 4.98 Å². The molecular formula is C14H11NO2. The van der Waals surface area contributed by atoms with E-state index in [0.29, 0.717) is 5.39 Å². The van der Waals surface area contributed by atoms with Crippen LogP contribution in [0, 0.1) is 18.8 Å². The number of nitrogens with one attached hydrogen (secondary N) is 1. The second-order valence-corrected chi connectivity index (χ2v) is 3.75. The van der Waals surface area contributed by atoms with Crippen LogP contribution in [0.1, 0.15) is 17.7 Å². The first-order chi connectivity index (χ1) is 8.20. The second-order valence-electron chi connectivity index (χ2n) is 3.75. The van der Waals surface area contributed by atoms with Crippen LogP contribution in [0.5, 0.6) is 0 Å². The van der Waals surface area contributed by atoms with Crippen molar-refractivity contribution in [2.75, 3.05) is 0 Å². The van der Waals surface area contributed by atoms with Gasteiger partial charge in [-0.15, -0.1) is 0 Å². The fraction of sp³-hybridized carbons (Fsp3) is 0.143. The first-order valence-electron chi connectivity index (χ1n) is 5.27. The van der Waals surface area contributed by atoms with E-state index in [-0.39, 0.29) is 11.8 Å². The topological polar surface area (TPSA) is 49.9 Å². The lowest BCUT2D eigenvalue weighted by Gasteiger charge is -2.00. The number of aromatic amines is 1. The van der Waals surface area contributed by atoms with Gasteiger partial charge >= 0.3 is 0 Å². The molecule has 1 aromatic heterocycles. The lowest BCUT2D eigenvalue weighted by molar-refractivity contribution is -0.107. The summed E-state index contributed by atoms with van der Waals surface area (Å²) in [4.78, 5) is 25.0. The molecule has 0 spiro atoms. The zero-order valence-corrected chi connectivity index (χ0v) is 9.41. The highest BCUT2D eigenvalue weighted by molar-refractivity contribution is 5.80. The van der Waals surface area contributed by atoms with Crippen molar-refractivity contribution in [2.45, 2.75) is 13.3 Å². The minimum absolute atomic E-state index is 0.0183. The first-order valence-corrected chi connectivity index (χ1v) is 5.27. The number of aryl methyl sites for hydroxylation is 1. The molecule has 84 valence electrons. The summed E-state index contributed by atoms with van der Waals surface area (Å²) >= 11 is 0. The van der Waals surface area contributed by atoms with Crippen molar-refractivity contribution >= 4 is 17.2 Å². The van der Waals surface area contributed by atoms with E-state index in [9.17, 15) is 9.59 Å². The lowest BCUT2D eigenvalue weighted by Crippen LogP contribution is -2.02. The third kappa shape index (κ3) is 2.43. The van der Waals surface area contributed by atoms with E-state index in [1.165, 1.54) is 0 Å². The first kappa shape index (κ1) is 11.2. The summed E-state index contributed by atoms with van der Waals surface area (Å²) in [5.41, 5.74) is 2.36. The van der Waals surface area contributed by atoms with Gasteiger partial charge in [-0.1, -0.05) is 11.8 Å². The van der Waals surface area contributed by atoms with Gasteiger partial charge in [0.25, 0.3) is 0 Å². The molecule has 0 bridgehead atoms. The number of carbonyl (C=O) groups excluding carboxylic acids is 1. The second kappa shape index (κ2) is 4.67. The molecule has 2 aromatic rings. The number of hydrogen-bond donors (Lipinski definition) is 1. The molecule has 17 heavy (non-hydrogen) atoms. The van der Waals surface area contributed by atoms with Crippen LogP contribution < -0.4 is 5.43 Å². The summed E-state index contributed by atoms with van der Waals surface area (Å²) in [6.45, 7) is 1.85. The highest BCUT2D eigenvalue weighted by atomic mass is 16.1. The molecule has 0 saturated heterocycles. The Morgan fingerprint density at radius 2 is 2.18 bits per heavy atom. The SMILES string of the molecule is Cc1cc(=O)c2cc(C#CCC=O)ccc2[nH]1. The van der Waals surface area contributed by atoms with Gasteiger partial charge in [-0.2, -0.15) is 0 Å². The minimum Gasteiger partial charge on any atom is -0.358 e. The number of aromatic nitrogens is 1. The van der Waals surface area contributed by atoms with Gasteiger partial charge in [-0.05, 0) is 25.1 Å². The standard InChI is InChI=1S/C14H11NO2/c1-10-8-14(17)12-9-11(4-2-3-7-16)5-6-13(12)15-10/h5-9H,3H2,1H3,(H,15,17). The highest BCUT2D eigenvalue weighted by Crippen LogP contribution is 2.10. The van der Waals surface area contributed by atoms with E-state index in [2.05, 4.69) is 16.8 Å². The Morgan fingerprint density at radius 3 is 2.94 bits per heavy atom. The Kier molecular flexibility index (Phi) is 3.06. The number of carbonyl (C=O) groups is 1. The fourth-order valence-corrected chi connectivity index (χ4v) is 1.65. The molecule has 0 aliphatic carbocycles. The Labute approximate surface area is 98.5 Å². The molecular weight excluding hydrogens is 214 g/mol. The molecule has 0 aliphatic heterocycles. The molecule has 3 heteroatoms. The molecule has 0 saturated carbocycles. The Bertz CT molecular complexity index is 687. The fourth-order valence-electron chi connectivity index (χ4n) is 1.65. The van der Waals surface area contributed by atoms with E-state index < -0.39 is 0 Å². The largest absolute Gasteiger partial charge is 0.358 e. The quantitative estimate of drug-likeness (QED) is 0.594. The van der Waals surface area contributed by atoms with Gasteiger partial charge in [0.2, 0.25) is 0 Å². The van der Waals surface area contributed by atoms with Crippen LogP contribution in [0.3, 0.4) is 0 Å². The molecule has 0 atom stereocenters. The van der Waals surface area contributed by atoms with Crippen molar-refractivity contribution in [3.63, 3.8) is 0 Å². The van der Waals surface area contributed by atoms with Gasteiger partial charge in [0.1, 0.15) is 6.29 Å². The van der Waals surface area contributed by atoms with Crippen LogP contribution in [0.15, 0.2) is 29.1 Å². The molecule has 0 unspecified atom stereocenters. The predicted molar refractivity (Wildman–Crippen MR) is 66.9 cm³/mol. The molecule has 2 rings (SSSR count). The molecule has 0 amide bonds. The number of H-pyrrole nitrogens is 1. The zero-order valence-electron chi connectivity index (χ0n) is 9.41. The Balaban J connectivity index is 2.55. The summed E-state index contributed by atoms with van der Waals surface area (Å²) < 4.78 is 0. The maximum absolute atomic E-state index is 11.8. The number of fused-ring (bicyclic) bond motifs is 1. The van der Waals surface area contributed by atoms with Gasteiger partial charge in [-0.25, -0.2) is 0 Å². The van der Waals surface area contributed by atoms with Crippen molar-refractivity contribution in [1.29, 1.82) is 0 Å². The summed E-state index contributed by atoms with van der Waals surface area (Å²) in [6.07, 6.45) is 0.965. The van der Waals surface area contributed by atoms with Gasteiger partial charge in [0.05, 0.1) is 6.42 Å². The number of aldehydes is 1. The van der Waals surface area contributed by atoms with Crippen molar-refractivity contribution in [2.24, 2.45) is 0 Å². The maximum Gasteiger partial charge on any atom is 0.189 e. The normalized spacial score (nSPS) is 9.71. The average Bonchev–Trinajstić information content (AvgIpc) is 2.30. The summed E-state index contributed by atoms with van der Waals surface area (Å²) in [5, 5.41) is 0.619. The summed E-state index contributed by atoms with van der Waals surface area (Å²) in [7, 11) is 0. The van der Waals surface area contributed by atoms with Gasteiger partial charge in [0, 0.05) is 28.2 Å². The van der Waals surface area contributed by atoms with Crippen molar-refractivity contribution in [3.8, 4) is 11.8 Å². The number of rotatable bonds is 1. The molecule has 0 radical (unpaired) electrons. The van der Waals surface area contributed by atoms with E-state index in [4.69, 9.17) is 0 Å². The zero-order chi connectivity index (χ0) is 12.3. The van der Waals surface area contributed by atoms with E-state index in [1.807, 2.05) is 19.1 Å². The number of hydrogen-bond acceptors (Lipinski definition) is 2. The minimum atomic E-state index is -0.0183. The van der Waals surface area contributed by atoms with Gasteiger partial charge < -0.3 is 9.78 Å². The molecule has 1 aromatic carbocycles. The van der Waals surface area contributed by atoms with Crippen molar-refractivity contribution < 1.29 is 4.79 Å². The van der Waals surface area contributed by atoms with Crippen LogP contribution in [-0.4, -0.2) is 11.3 Å². The smallest absolute Gasteiger partial charge is 0.189 e.